The summed E-state index contributed by atoms with van der Waals surface area (Å²) in [7, 11) is 0. The van der Waals surface area contributed by atoms with E-state index in [0.717, 1.165) is 11.1 Å². The highest BCUT2D eigenvalue weighted by Gasteiger charge is 2.70. The second kappa shape index (κ2) is 8.33. The molecule has 4 atom stereocenters. The first-order valence-corrected chi connectivity index (χ1v) is 12.4. The zero-order chi connectivity index (χ0) is 26.1. The van der Waals surface area contributed by atoms with Gasteiger partial charge in [0.25, 0.3) is 0 Å². The number of carbonyl (C=O) groups is 3. The second-order valence-electron chi connectivity index (χ2n) is 9.96. The number of nitrogens with one attached hydrogen (secondary N) is 2. The van der Waals surface area contributed by atoms with Crippen molar-refractivity contribution in [1.29, 1.82) is 0 Å². The van der Waals surface area contributed by atoms with Crippen molar-refractivity contribution < 1.29 is 24.6 Å². The van der Waals surface area contributed by atoms with Crippen molar-refractivity contribution in [2.24, 2.45) is 11.8 Å². The summed E-state index contributed by atoms with van der Waals surface area (Å²) in [6.45, 7) is 1.96. The van der Waals surface area contributed by atoms with Gasteiger partial charge in [-0.1, -0.05) is 54.1 Å². The standard InChI is InChI=1S/C28H24ClN3O5/c1-14-9-17-24(18(29)10-14)30-27(37)28(17)23-22(19(31-28)11-16-7-8-20(33)21(34)12-16)25(35)32(26(23)36)13-15-5-3-2-4-6-15/h2-10,12,19,22-23,31,33-34H,11,13H2,1H3,(H,30,37)/t19-,22-,23+,28-/m1/s1. The maximum absolute atomic E-state index is 14.0. The lowest BCUT2D eigenvalue weighted by Crippen LogP contribution is -2.53. The summed E-state index contributed by atoms with van der Waals surface area (Å²) in [6, 6.07) is 16.7. The zero-order valence-corrected chi connectivity index (χ0v) is 20.6. The van der Waals surface area contributed by atoms with E-state index >= 15 is 0 Å². The van der Waals surface area contributed by atoms with Crippen LogP contribution in [0.3, 0.4) is 0 Å². The number of carbonyl (C=O) groups excluding carboxylic acids is 3. The molecule has 3 aromatic carbocycles. The predicted octanol–water partition coefficient (Wildman–Crippen LogP) is 3.22. The van der Waals surface area contributed by atoms with Crippen LogP contribution < -0.4 is 10.6 Å². The van der Waals surface area contributed by atoms with Crippen LogP contribution in [0.5, 0.6) is 11.5 Å². The Morgan fingerprint density at radius 2 is 1.70 bits per heavy atom. The van der Waals surface area contributed by atoms with Crippen molar-refractivity contribution in [1.82, 2.24) is 10.2 Å². The fourth-order valence-electron chi connectivity index (χ4n) is 6.10. The van der Waals surface area contributed by atoms with E-state index < -0.39 is 35.2 Å². The number of rotatable bonds is 4. The Morgan fingerprint density at radius 1 is 0.946 bits per heavy atom. The predicted molar refractivity (Wildman–Crippen MR) is 136 cm³/mol. The number of amides is 3. The van der Waals surface area contributed by atoms with Crippen LogP contribution in [0.4, 0.5) is 5.69 Å². The highest BCUT2D eigenvalue weighted by Crippen LogP contribution is 2.55. The molecule has 6 rings (SSSR count). The first-order chi connectivity index (χ1) is 17.7. The molecule has 2 fully saturated rings. The molecule has 8 nitrogen and oxygen atoms in total. The number of halogens is 1. The maximum atomic E-state index is 14.0. The largest absolute Gasteiger partial charge is 0.504 e. The lowest BCUT2D eigenvalue weighted by Gasteiger charge is -2.30. The van der Waals surface area contributed by atoms with Gasteiger partial charge in [0, 0.05) is 11.6 Å². The normalized spacial score (nSPS) is 26.1. The molecule has 4 N–H and O–H groups in total. The Kier molecular flexibility index (Phi) is 5.29. The van der Waals surface area contributed by atoms with E-state index in [4.69, 9.17) is 11.6 Å². The monoisotopic (exact) mass is 517 g/mol. The molecule has 0 unspecified atom stereocenters. The third-order valence-electron chi connectivity index (χ3n) is 7.69. The van der Waals surface area contributed by atoms with Crippen molar-refractivity contribution >= 4 is 35.0 Å². The van der Waals surface area contributed by atoms with Crippen molar-refractivity contribution in [2.45, 2.75) is 31.5 Å². The minimum atomic E-state index is -1.47. The van der Waals surface area contributed by atoms with Crippen LogP contribution in [-0.4, -0.2) is 38.9 Å². The molecule has 3 heterocycles. The molecule has 3 aliphatic heterocycles. The van der Waals surface area contributed by atoms with Crippen LogP contribution in [0, 0.1) is 18.8 Å². The third-order valence-corrected chi connectivity index (χ3v) is 7.99. The van der Waals surface area contributed by atoms with Crippen molar-refractivity contribution in [3.63, 3.8) is 0 Å². The summed E-state index contributed by atoms with van der Waals surface area (Å²) in [5.74, 6) is -3.52. The van der Waals surface area contributed by atoms with Crippen LogP contribution in [-0.2, 0) is 32.9 Å². The van der Waals surface area contributed by atoms with Crippen LogP contribution in [0.2, 0.25) is 5.02 Å². The summed E-state index contributed by atoms with van der Waals surface area (Å²) < 4.78 is 0. The van der Waals surface area contributed by atoms with Crippen molar-refractivity contribution in [3.8, 4) is 11.5 Å². The minimum Gasteiger partial charge on any atom is -0.504 e. The molecular weight excluding hydrogens is 494 g/mol. The number of fused-ring (bicyclic) bond motifs is 4. The molecular formula is C28H24ClN3O5. The smallest absolute Gasteiger partial charge is 0.250 e. The fourth-order valence-corrected chi connectivity index (χ4v) is 6.42. The molecule has 0 aromatic heterocycles. The van der Waals surface area contributed by atoms with E-state index in [0.29, 0.717) is 21.8 Å². The molecule has 0 aliphatic carbocycles. The number of anilines is 1. The zero-order valence-electron chi connectivity index (χ0n) is 19.9. The molecule has 0 bridgehead atoms. The quantitative estimate of drug-likeness (QED) is 0.312. The first-order valence-electron chi connectivity index (χ1n) is 12.0. The first kappa shape index (κ1) is 23.5. The summed E-state index contributed by atoms with van der Waals surface area (Å²) in [4.78, 5) is 42.7. The number of hydrogen-bond donors (Lipinski definition) is 4. The van der Waals surface area contributed by atoms with Gasteiger partial charge in [-0.05, 0) is 48.2 Å². The Hall–Kier alpha value is -3.88. The van der Waals surface area contributed by atoms with Crippen LogP contribution in [0.15, 0.2) is 60.7 Å². The van der Waals surface area contributed by atoms with Gasteiger partial charge in [-0.15, -0.1) is 0 Å². The summed E-state index contributed by atoms with van der Waals surface area (Å²) in [5, 5.41) is 26.3. The number of benzene rings is 3. The lowest BCUT2D eigenvalue weighted by molar-refractivity contribution is -0.143. The van der Waals surface area contributed by atoms with Crippen molar-refractivity contribution in [2.75, 3.05) is 5.32 Å². The van der Waals surface area contributed by atoms with Crippen LogP contribution in [0.1, 0.15) is 22.3 Å². The molecule has 188 valence electrons. The van der Waals surface area contributed by atoms with Gasteiger partial charge in [0.2, 0.25) is 17.7 Å². The van der Waals surface area contributed by atoms with Crippen LogP contribution >= 0.6 is 11.6 Å². The minimum absolute atomic E-state index is 0.108. The molecule has 3 aromatic rings. The van der Waals surface area contributed by atoms with Crippen molar-refractivity contribution in [3.05, 3.63) is 87.9 Å². The van der Waals surface area contributed by atoms with E-state index in [9.17, 15) is 24.6 Å². The van der Waals surface area contributed by atoms with Gasteiger partial charge in [0.15, 0.2) is 11.5 Å². The average molecular weight is 518 g/mol. The molecule has 3 aliphatic rings. The van der Waals surface area contributed by atoms with E-state index in [1.54, 1.807) is 12.1 Å². The molecule has 1 spiro atoms. The Bertz CT molecular complexity index is 1480. The Balaban J connectivity index is 1.47. The molecule has 9 heteroatoms. The number of phenolic OH excluding ortho intramolecular Hbond substituents is 2. The van der Waals surface area contributed by atoms with Gasteiger partial charge < -0.3 is 15.5 Å². The second-order valence-corrected chi connectivity index (χ2v) is 10.4. The molecule has 0 saturated carbocycles. The number of aromatic hydroxyl groups is 2. The number of hydrogen-bond acceptors (Lipinski definition) is 6. The van der Waals surface area contributed by atoms with Gasteiger partial charge in [-0.3, -0.25) is 24.6 Å². The van der Waals surface area contributed by atoms with E-state index in [1.165, 1.54) is 17.0 Å². The third kappa shape index (κ3) is 3.43. The lowest BCUT2D eigenvalue weighted by atomic mass is 9.76. The average Bonchev–Trinajstić information content (AvgIpc) is 3.43. The number of nitrogens with zero attached hydrogens (tertiary/aromatic N) is 1. The summed E-state index contributed by atoms with van der Waals surface area (Å²) in [5.41, 5.74) is 1.79. The van der Waals surface area contributed by atoms with Crippen LogP contribution in [0.25, 0.3) is 0 Å². The summed E-state index contributed by atoms with van der Waals surface area (Å²) in [6.07, 6.45) is 0.247. The highest BCUT2D eigenvalue weighted by molar-refractivity contribution is 6.35. The molecule has 3 amide bonds. The maximum Gasteiger partial charge on any atom is 0.250 e. The van der Waals surface area contributed by atoms with E-state index in [-0.39, 0.29) is 30.4 Å². The number of likely N-dealkylation sites (tertiary alicyclic amines) is 1. The van der Waals surface area contributed by atoms with Gasteiger partial charge >= 0.3 is 0 Å². The number of imide groups is 1. The van der Waals surface area contributed by atoms with Gasteiger partial charge in [0.05, 0.1) is 29.1 Å². The number of aryl methyl sites for hydroxylation is 1. The van der Waals surface area contributed by atoms with E-state index in [2.05, 4.69) is 10.6 Å². The Labute approximate surface area is 217 Å². The SMILES string of the molecule is Cc1cc(Cl)c2c(c1)[C@]1(N[C@H](Cc3ccc(O)c(O)c3)[C@H]3C(=O)N(Cc4ccccc4)C(=O)[C@H]31)C(=O)N2. The van der Waals surface area contributed by atoms with Gasteiger partial charge in [-0.25, -0.2) is 0 Å². The van der Waals surface area contributed by atoms with Gasteiger partial charge in [-0.2, -0.15) is 0 Å². The topological polar surface area (TPSA) is 119 Å². The van der Waals surface area contributed by atoms with Gasteiger partial charge in [0.1, 0.15) is 5.54 Å². The molecule has 2 saturated heterocycles. The molecule has 37 heavy (non-hydrogen) atoms. The number of phenols is 2. The Morgan fingerprint density at radius 3 is 2.43 bits per heavy atom. The molecule has 0 radical (unpaired) electrons. The van der Waals surface area contributed by atoms with E-state index in [1.807, 2.05) is 43.3 Å². The highest BCUT2D eigenvalue weighted by atomic mass is 35.5. The fraction of sp³-hybridized carbons (Fsp3) is 0.250. The summed E-state index contributed by atoms with van der Waals surface area (Å²) >= 11 is 6.49.